The van der Waals surface area contributed by atoms with Crippen LogP contribution in [0.25, 0.3) is 0 Å². The molecule has 2 bridgehead atoms. The zero-order valence-electron chi connectivity index (χ0n) is 17.5. The summed E-state index contributed by atoms with van der Waals surface area (Å²) in [6.07, 6.45) is 3.05. The van der Waals surface area contributed by atoms with E-state index >= 15 is 0 Å². The number of halogens is 1. The van der Waals surface area contributed by atoms with Gasteiger partial charge in [-0.05, 0) is 49.1 Å². The van der Waals surface area contributed by atoms with E-state index in [0.29, 0.717) is 11.6 Å². The molecule has 29 heavy (non-hydrogen) atoms. The number of likely N-dealkylation sites (tertiary alicyclic amines) is 1. The number of hydrogen-bond donors (Lipinski definition) is 1. The van der Waals surface area contributed by atoms with E-state index in [2.05, 4.69) is 26.1 Å². The van der Waals surface area contributed by atoms with Crippen LogP contribution in [0.3, 0.4) is 0 Å². The Labute approximate surface area is 176 Å². The fourth-order valence-electron chi connectivity index (χ4n) is 5.07. The van der Waals surface area contributed by atoms with E-state index in [1.807, 2.05) is 4.90 Å². The van der Waals surface area contributed by atoms with Gasteiger partial charge in [0.1, 0.15) is 6.04 Å². The maximum atomic E-state index is 12.7. The molecular formula is C22H29ClN2O4. The molecule has 3 rings (SSSR count). The number of fused-ring (bicyclic) bond motifs is 2. The lowest BCUT2D eigenvalue weighted by Crippen LogP contribution is -2.43. The van der Waals surface area contributed by atoms with Crippen molar-refractivity contribution in [2.75, 3.05) is 13.2 Å². The molecule has 2 fully saturated rings. The number of carbonyl (C=O) groups excluding carboxylic acids is 3. The van der Waals surface area contributed by atoms with Gasteiger partial charge in [0.05, 0.1) is 10.6 Å². The molecule has 1 aromatic rings. The third kappa shape index (κ3) is 4.92. The number of carbonyl (C=O) groups is 3. The van der Waals surface area contributed by atoms with Crippen molar-refractivity contribution in [1.29, 1.82) is 0 Å². The molecule has 0 radical (unpaired) electrons. The standard InChI is InChI=1S/C22H29ClN2O4/c1-14(24-19(27)16-7-5-6-8-17(16)23)20(28)29-11-18(26)25-13-22(4)10-15(25)9-21(2,3)12-22/h5-8,14-15H,9-13H2,1-4H3,(H,24,27)/t14-,15?,22?/m1/s1. The highest BCUT2D eigenvalue weighted by molar-refractivity contribution is 6.33. The van der Waals surface area contributed by atoms with Crippen molar-refractivity contribution in [1.82, 2.24) is 10.2 Å². The Balaban J connectivity index is 1.52. The largest absolute Gasteiger partial charge is 0.454 e. The summed E-state index contributed by atoms with van der Waals surface area (Å²) < 4.78 is 5.20. The first kappa shape index (κ1) is 21.6. The van der Waals surface area contributed by atoms with Crippen LogP contribution in [0.15, 0.2) is 24.3 Å². The van der Waals surface area contributed by atoms with Gasteiger partial charge in [-0.3, -0.25) is 9.59 Å². The minimum Gasteiger partial charge on any atom is -0.454 e. The van der Waals surface area contributed by atoms with Crippen LogP contribution in [0, 0.1) is 10.8 Å². The molecule has 1 aliphatic carbocycles. The fraction of sp³-hybridized carbons (Fsp3) is 0.591. The van der Waals surface area contributed by atoms with Gasteiger partial charge in [-0.25, -0.2) is 4.79 Å². The van der Waals surface area contributed by atoms with Crippen molar-refractivity contribution in [2.24, 2.45) is 10.8 Å². The summed E-state index contributed by atoms with van der Waals surface area (Å²) in [6, 6.07) is 5.90. The van der Waals surface area contributed by atoms with Crippen LogP contribution in [0.5, 0.6) is 0 Å². The maximum absolute atomic E-state index is 12.7. The van der Waals surface area contributed by atoms with Crippen molar-refractivity contribution < 1.29 is 19.1 Å². The first-order valence-electron chi connectivity index (χ1n) is 10.0. The van der Waals surface area contributed by atoms with Crippen LogP contribution in [0.2, 0.25) is 5.02 Å². The number of amides is 2. The molecule has 158 valence electrons. The van der Waals surface area contributed by atoms with Crippen LogP contribution in [-0.2, 0) is 14.3 Å². The predicted molar refractivity (Wildman–Crippen MR) is 111 cm³/mol. The average molecular weight is 421 g/mol. The summed E-state index contributed by atoms with van der Waals surface area (Å²) in [5.74, 6) is -1.28. The van der Waals surface area contributed by atoms with Gasteiger partial charge in [0.25, 0.3) is 11.8 Å². The number of benzene rings is 1. The summed E-state index contributed by atoms with van der Waals surface area (Å²) >= 11 is 6.01. The van der Waals surface area contributed by atoms with Crippen LogP contribution >= 0.6 is 11.6 Å². The van der Waals surface area contributed by atoms with Crippen LogP contribution in [-0.4, -0.2) is 47.9 Å². The third-order valence-electron chi connectivity index (χ3n) is 5.89. The Bertz CT molecular complexity index is 825. The summed E-state index contributed by atoms with van der Waals surface area (Å²) in [5, 5.41) is 2.86. The molecule has 1 aromatic carbocycles. The highest BCUT2D eigenvalue weighted by Gasteiger charge is 2.50. The monoisotopic (exact) mass is 420 g/mol. The highest BCUT2D eigenvalue weighted by Crippen LogP contribution is 2.52. The van der Waals surface area contributed by atoms with Gasteiger partial charge in [-0.2, -0.15) is 0 Å². The first-order valence-corrected chi connectivity index (χ1v) is 10.4. The van der Waals surface area contributed by atoms with Crippen molar-refractivity contribution in [3.05, 3.63) is 34.9 Å². The molecule has 1 saturated carbocycles. The van der Waals surface area contributed by atoms with Crippen molar-refractivity contribution in [2.45, 2.75) is 59.0 Å². The molecule has 1 saturated heterocycles. The Kier molecular flexibility index (Phi) is 5.95. The molecule has 1 aliphatic heterocycles. The van der Waals surface area contributed by atoms with E-state index in [1.165, 1.54) is 6.92 Å². The average Bonchev–Trinajstić information content (AvgIpc) is 2.88. The zero-order valence-corrected chi connectivity index (χ0v) is 18.2. The molecule has 2 aliphatic rings. The molecule has 3 atom stereocenters. The van der Waals surface area contributed by atoms with Crippen LogP contribution in [0.1, 0.15) is 57.3 Å². The SMILES string of the molecule is C[C@@H](NC(=O)c1ccccc1Cl)C(=O)OCC(=O)N1CC2(C)CC1CC(C)(C)C2. The molecule has 1 heterocycles. The van der Waals surface area contributed by atoms with Crippen LogP contribution in [0.4, 0.5) is 0 Å². The summed E-state index contributed by atoms with van der Waals surface area (Å²) in [6.45, 7) is 8.64. The van der Waals surface area contributed by atoms with Gasteiger partial charge in [0.2, 0.25) is 0 Å². The Morgan fingerprint density at radius 3 is 2.62 bits per heavy atom. The van der Waals surface area contributed by atoms with Gasteiger partial charge < -0.3 is 15.0 Å². The fourth-order valence-corrected chi connectivity index (χ4v) is 5.29. The number of ether oxygens (including phenoxy) is 1. The lowest BCUT2D eigenvalue weighted by molar-refractivity contribution is -0.153. The summed E-state index contributed by atoms with van der Waals surface area (Å²) in [7, 11) is 0. The van der Waals surface area contributed by atoms with Crippen molar-refractivity contribution in [3.8, 4) is 0 Å². The smallest absolute Gasteiger partial charge is 0.328 e. The van der Waals surface area contributed by atoms with E-state index in [-0.39, 0.29) is 34.9 Å². The Hall–Kier alpha value is -2.08. The quantitative estimate of drug-likeness (QED) is 0.740. The topological polar surface area (TPSA) is 75.7 Å². The van der Waals surface area contributed by atoms with Crippen LogP contribution < -0.4 is 5.32 Å². The second-order valence-electron chi connectivity index (χ2n) is 9.52. The lowest BCUT2D eigenvalue weighted by atomic mass is 9.65. The van der Waals surface area contributed by atoms with E-state index in [9.17, 15) is 14.4 Å². The molecule has 1 N–H and O–H groups in total. The van der Waals surface area contributed by atoms with Gasteiger partial charge >= 0.3 is 5.97 Å². The lowest BCUT2D eigenvalue weighted by Gasteiger charge is -2.39. The number of nitrogens with zero attached hydrogens (tertiary/aromatic N) is 1. The number of hydrogen-bond acceptors (Lipinski definition) is 4. The Morgan fingerprint density at radius 1 is 1.24 bits per heavy atom. The summed E-state index contributed by atoms with van der Waals surface area (Å²) in [5.41, 5.74) is 0.619. The van der Waals surface area contributed by atoms with Crippen molar-refractivity contribution in [3.63, 3.8) is 0 Å². The van der Waals surface area contributed by atoms with E-state index < -0.39 is 17.9 Å². The highest BCUT2D eigenvalue weighted by atomic mass is 35.5. The van der Waals surface area contributed by atoms with Crippen molar-refractivity contribution >= 4 is 29.4 Å². The minimum atomic E-state index is -0.888. The third-order valence-corrected chi connectivity index (χ3v) is 6.22. The predicted octanol–water partition coefficient (Wildman–Crippen LogP) is 3.43. The molecule has 6 nitrogen and oxygen atoms in total. The second kappa shape index (κ2) is 7.98. The molecule has 7 heteroatoms. The molecule has 0 spiro atoms. The first-order chi connectivity index (χ1) is 13.5. The van der Waals surface area contributed by atoms with E-state index in [0.717, 1.165) is 19.3 Å². The van der Waals surface area contributed by atoms with Gasteiger partial charge in [-0.15, -0.1) is 0 Å². The van der Waals surface area contributed by atoms with Gasteiger partial charge in [0, 0.05) is 12.6 Å². The second-order valence-corrected chi connectivity index (χ2v) is 9.93. The number of esters is 1. The molecule has 2 unspecified atom stereocenters. The number of rotatable bonds is 5. The van der Waals surface area contributed by atoms with E-state index in [4.69, 9.17) is 16.3 Å². The summed E-state index contributed by atoms with van der Waals surface area (Å²) in [4.78, 5) is 39.1. The Morgan fingerprint density at radius 2 is 1.93 bits per heavy atom. The number of nitrogens with one attached hydrogen (secondary N) is 1. The maximum Gasteiger partial charge on any atom is 0.328 e. The van der Waals surface area contributed by atoms with Gasteiger partial charge in [0.15, 0.2) is 6.61 Å². The zero-order chi connectivity index (χ0) is 21.4. The minimum absolute atomic E-state index is 0.127. The molecule has 0 aromatic heterocycles. The molecular weight excluding hydrogens is 392 g/mol. The normalized spacial score (nSPS) is 26.0. The van der Waals surface area contributed by atoms with Gasteiger partial charge in [-0.1, -0.05) is 44.5 Å². The van der Waals surface area contributed by atoms with E-state index in [1.54, 1.807) is 24.3 Å². The molecule has 2 amide bonds.